The minimum Gasteiger partial charge on any atom is -0.353 e. The highest BCUT2D eigenvalue weighted by atomic mass is 16.1. The van der Waals surface area contributed by atoms with Gasteiger partial charge in [-0.25, -0.2) is 0 Å². The average molecular weight is 266 g/mol. The first-order chi connectivity index (χ1) is 8.99. The fraction of sp³-hybridized carbons (Fsp3) is 0.938. The van der Waals surface area contributed by atoms with Crippen molar-refractivity contribution in [2.45, 2.75) is 71.4 Å². The van der Waals surface area contributed by atoms with E-state index < -0.39 is 0 Å². The van der Waals surface area contributed by atoms with Crippen LogP contribution >= 0.6 is 0 Å². The molecule has 3 nitrogen and oxygen atoms in total. The molecule has 0 aromatic heterocycles. The summed E-state index contributed by atoms with van der Waals surface area (Å²) in [6, 6.07) is 0.680. The number of nitrogens with two attached hydrogens (primary N) is 1. The fourth-order valence-electron chi connectivity index (χ4n) is 3.74. The summed E-state index contributed by atoms with van der Waals surface area (Å²) in [6.07, 6.45) is 6.64. The zero-order valence-electron chi connectivity index (χ0n) is 12.7. The maximum Gasteiger partial charge on any atom is 0.223 e. The number of hydrogen-bond donors (Lipinski definition) is 2. The summed E-state index contributed by atoms with van der Waals surface area (Å²) in [5.74, 6) is 2.30. The number of amides is 1. The van der Waals surface area contributed by atoms with Gasteiger partial charge in [0.05, 0.1) is 0 Å². The third-order valence-electron chi connectivity index (χ3n) is 5.64. The largest absolute Gasteiger partial charge is 0.353 e. The van der Waals surface area contributed by atoms with Crippen LogP contribution < -0.4 is 11.1 Å². The average Bonchev–Trinajstić information content (AvgIpc) is 2.38. The summed E-state index contributed by atoms with van der Waals surface area (Å²) < 4.78 is 0. The van der Waals surface area contributed by atoms with Crippen molar-refractivity contribution in [2.24, 2.45) is 29.4 Å². The molecule has 0 aliphatic heterocycles. The molecule has 2 rings (SSSR count). The van der Waals surface area contributed by atoms with Gasteiger partial charge in [-0.1, -0.05) is 33.6 Å². The van der Waals surface area contributed by atoms with E-state index in [1.807, 2.05) is 0 Å². The second kappa shape index (κ2) is 6.25. The number of hydrogen-bond acceptors (Lipinski definition) is 2. The third kappa shape index (κ3) is 3.50. The zero-order valence-corrected chi connectivity index (χ0v) is 12.7. The van der Waals surface area contributed by atoms with E-state index in [1.165, 1.54) is 12.8 Å². The Kier molecular flexibility index (Phi) is 4.88. The minimum absolute atomic E-state index is 0.194. The van der Waals surface area contributed by atoms with Gasteiger partial charge in [0.25, 0.3) is 0 Å². The number of nitrogens with one attached hydrogen (secondary N) is 1. The summed E-state index contributed by atoms with van der Waals surface area (Å²) in [4.78, 5) is 12.4. The van der Waals surface area contributed by atoms with Crippen LogP contribution in [0.4, 0.5) is 0 Å². The maximum atomic E-state index is 12.4. The molecule has 2 saturated carbocycles. The van der Waals surface area contributed by atoms with Gasteiger partial charge in [-0.2, -0.15) is 0 Å². The molecule has 0 aromatic rings. The van der Waals surface area contributed by atoms with Crippen LogP contribution in [0.1, 0.15) is 59.3 Å². The predicted molar refractivity (Wildman–Crippen MR) is 78.6 cm³/mol. The van der Waals surface area contributed by atoms with E-state index in [9.17, 15) is 4.79 Å². The fourth-order valence-corrected chi connectivity index (χ4v) is 3.74. The van der Waals surface area contributed by atoms with Crippen molar-refractivity contribution >= 4 is 5.91 Å². The topological polar surface area (TPSA) is 55.1 Å². The monoisotopic (exact) mass is 266 g/mol. The van der Waals surface area contributed by atoms with E-state index in [-0.39, 0.29) is 17.9 Å². The summed E-state index contributed by atoms with van der Waals surface area (Å²) in [5.41, 5.74) is 6.03. The van der Waals surface area contributed by atoms with Crippen LogP contribution in [0.15, 0.2) is 0 Å². The Morgan fingerprint density at radius 2 is 1.79 bits per heavy atom. The molecule has 3 heteroatoms. The smallest absolute Gasteiger partial charge is 0.223 e. The van der Waals surface area contributed by atoms with E-state index in [0.717, 1.165) is 31.6 Å². The molecular formula is C16H30N2O. The Balaban J connectivity index is 1.87. The van der Waals surface area contributed by atoms with Gasteiger partial charge in [-0.3, -0.25) is 4.79 Å². The molecule has 1 amide bonds. The minimum atomic E-state index is 0.194. The van der Waals surface area contributed by atoms with Crippen LogP contribution in [0.2, 0.25) is 0 Å². The zero-order chi connectivity index (χ0) is 14.0. The van der Waals surface area contributed by atoms with Crippen LogP contribution in [-0.4, -0.2) is 18.0 Å². The van der Waals surface area contributed by atoms with Crippen molar-refractivity contribution < 1.29 is 4.79 Å². The Labute approximate surface area is 117 Å². The molecule has 0 radical (unpaired) electrons. The predicted octanol–water partition coefficient (Wildman–Crippen LogP) is 2.69. The van der Waals surface area contributed by atoms with E-state index in [2.05, 4.69) is 26.1 Å². The van der Waals surface area contributed by atoms with Crippen LogP contribution in [0.3, 0.4) is 0 Å². The SMILES string of the molecule is CC1CC(C(=O)NC2CCCC(C)C2C)CCC1N. The molecule has 3 N–H and O–H groups in total. The molecule has 0 heterocycles. The summed E-state index contributed by atoms with van der Waals surface area (Å²) in [5, 5.41) is 3.32. The van der Waals surface area contributed by atoms with Crippen molar-refractivity contribution in [1.29, 1.82) is 0 Å². The number of rotatable bonds is 2. The van der Waals surface area contributed by atoms with Crippen LogP contribution in [-0.2, 0) is 4.79 Å². The highest BCUT2D eigenvalue weighted by molar-refractivity contribution is 5.79. The third-order valence-corrected chi connectivity index (χ3v) is 5.64. The van der Waals surface area contributed by atoms with Crippen molar-refractivity contribution in [1.82, 2.24) is 5.32 Å². The van der Waals surface area contributed by atoms with Gasteiger partial charge in [0.2, 0.25) is 5.91 Å². The first-order valence-electron chi connectivity index (χ1n) is 8.05. The molecule has 0 saturated heterocycles. The number of carbonyl (C=O) groups is 1. The molecule has 6 unspecified atom stereocenters. The summed E-state index contributed by atoms with van der Waals surface area (Å²) in [6.45, 7) is 6.77. The Morgan fingerprint density at radius 3 is 2.47 bits per heavy atom. The molecule has 0 bridgehead atoms. The van der Waals surface area contributed by atoms with Crippen molar-refractivity contribution in [2.75, 3.05) is 0 Å². The highest BCUT2D eigenvalue weighted by Gasteiger charge is 2.33. The molecule has 2 aliphatic carbocycles. The lowest BCUT2D eigenvalue weighted by Crippen LogP contribution is -2.48. The van der Waals surface area contributed by atoms with Crippen LogP contribution in [0, 0.1) is 23.7 Å². The first-order valence-corrected chi connectivity index (χ1v) is 8.05. The van der Waals surface area contributed by atoms with Gasteiger partial charge < -0.3 is 11.1 Å². The molecule has 2 fully saturated rings. The summed E-state index contributed by atoms with van der Waals surface area (Å²) >= 11 is 0. The van der Waals surface area contributed by atoms with Gasteiger partial charge in [0.1, 0.15) is 0 Å². The van der Waals surface area contributed by atoms with E-state index in [0.29, 0.717) is 17.9 Å². The normalized spacial score (nSPS) is 43.8. The van der Waals surface area contributed by atoms with Crippen molar-refractivity contribution in [3.8, 4) is 0 Å². The van der Waals surface area contributed by atoms with E-state index >= 15 is 0 Å². The summed E-state index contributed by atoms with van der Waals surface area (Å²) in [7, 11) is 0. The Hall–Kier alpha value is -0.570. The number of carbonyl (C=O) groups excluding carboxylic acids is 1. The molecule has 6 atom stereocenters. The van der Waals surface area contributed by atoms with E-state index in [1.54, 1.807) is 0 Å². The molecular weight excluding hydrogens is 236 g/mol. The van der Waals surface area contributed by atoms with Crippen molar-refractivity contribution in [3.63, 3.8) is 0 Å². The second-order valence-electron chi connectivity index (χ2n) is 7.03. The Bertz CT molecular complexity index is 318. The standard InChI is InChI=1S/C16H30N2O/c1-10-5-4-6-15(12(10)3)18-16(19)13-7-8-14(17)11(2)9-13/h10-15H,4-9,17H2,1-3H3,(H,18,19). The molecule has 0 spiro atoms. The van der Waals surface area contributed by atoms with E-state index in [4.69, 9.17) is 5.73 Å². The second-order valence-corrected chi connectivity index (χ2v) is 7.03. The first kappa shape index (κ1) is 14.8. The maximum absolute atomic E-state index is 12.4. The van der Waals surface area contributed by atoms with Gasteiger partial charge >= 0.3 is 0 Å². The molecule has 19 heavy (non-hydrogen) atoms. The van der Waals surface area contributed by atoms with Gasteiger partial charge in [-0.15, -0.1) is 0 Å². The molecule has 2 aliphatic rings. The lowest BCUT2D eigenvalue weighted by Gasteiger charge is -2.37. The molecule has 110 valence electrons. The highest BCUT2D eigenvalue weighted by Crippen LogP contribution is 2.31. The quantitative estimate of drug-likeness (QED) is 0.807. The molecule has 0 aromatic carbocycles. The van der Waals surface area contributed by atoms with Crippen molar-refractivity contribution in [3.05, 3.63) is 0 Å². The van der Waals surface area contributed by atoms with Gasteiger partial charge in [0, 0.05) is 18.0 Å². The lowest BCUT2D eigenvalue weighted by molar-refractivity contribution is -0.128. The van der Waals surface area contributed by atoms with Gasteiger partial charge in [-0.05, 0) is 43.4 Å². The van der Waals surface area contributed by atoms with Gasteiger partial charge in [0.15, 0.2) is 0 Å². The Morgan fingerprint density at radius 1 is 1.05 bits per heavy atom. The lowest BCUT2D eigenvalue weighted by atomic mass is 9.76. The van der Waals surface area contributed by atoms with Crippen LogP contribution in [0.25, 0.3) is 0 Å². The van der Waals surface area contributed by atoms with Crippen LogP contribution in [0.5, 0.6) is 0 Å².